The predicted octanol–water partition coefficient (Wildman–Crippen LogP) is 3.45. The lowest BCUT2D eigenvalue weighted by Gasteiger charge is -2.07. The van der Waals surface area contributed by atoms with Crippen molar-refractivity contribution in [3.05, 3.63) is 15.0 Å². The SMILES string of the molecule is Cc1nn(CCCC(F)(F)F)c(C)c1I. The van der Waals surface area contributed by atoms with Crippen LogP contribution in [0.2, 0.25) is 0 Å². The van der Waals surface area contributed by atoms with Crippen LogP contribution < -0.4 is 0 Å². The van der Waals surface area contributed by atoms with Crippen molar-refractivity contribution in [2.45, 2.75) is 39.4 Å². The first kappa shape index (κ1) is 12.8. The molecule has 0 bridgehead atoms. The van der Waals surface area contributed by atoms with Gasteiger partial charge in [0.2, 0.25) is 0 Å². The number of rotatable bonds is 3. The molecule has 1 aromatic heterocycles. The topological polar surface area (TPSA) is 17.8 Å². The molecule has 0 fully saturated rings. The third kappa shape index (κ3) is 3.66. The average molecular weight is 332 g/mol. The van der Waals surface area contributed by atoms with Crippen LogP contribution in [0.1, 0.15) is 24.2 Å². The molecule has 0 unspecified atom stereocenters. The zero-order valence-corrected chi connectivity index (χ0v) is 10.7. The molecule has 0 aromatic carbocycles. The van der Waals surface area contributed by atoms with Gasteiger partial charge in [0, 0.05) is 18.7 Å². The Labute approximate surface area is 100.0 Å². The Bertz CT molecular complexity index is 344. The Hall–Kier alpha value is -0.270. The molecule has 0 saturated carbocycles. The highest BCUT2D eigenvalue weighted by Gasteiger charge is 2.26. The van der Waals surface area contributed by atoms with Crippen LogP contribution in [0.15, 0.2) is 0 Å². The maximum Gasteiger partial charge on any atom is 0.389 e. The Morgan fingerprint density at radius 1 is 1.33 bits per heavy atom. The fourth-order valence-corrected chi connectivity index (χ4v) is 1.71. The first-order valence-corrected chi connectivity index (χ1v) is 5.65. The normalized spacial score (nSPS) is 12.1. The van der Waals surface area contributed by atoms with E-state index in [1.54, 1.807) is 4.68 Å². The maximum atomic E-state index is 11.9. The molecule has 6 heteroatoms. The molecule has 1 aromatic rings. The van der Waals surface area contributed by atoms with Crippen molar-refractivity contribution in [2.75, 3.05) is 0 Å². The molecule has 0 radical (unpaired) electrons. The zero-order valence-electron chi connectivity index (χ0n) is 8.53. The standard InChI is InChI=1S/C9H12F3IN2/c1-6-8(13)7(2)15(14-6)5-3-4-9(10,11)12/h3-5H2,1-2H3. The molecule has 0 atom stereocenters. The van der Waals surface area contributed by atoms with Crippen molar-refractivity contribution in [1.82, 2.24) is 9.78 Å². The van der Waals surface area contributed by atoms with Gasteiger partial charge in [0.25, 0.3) is 0 Å². The molecule has 0 amide bonds. The second-order valence-corrected chi connectivity index (χ2v) is 4.51. The average Bonchev–Trinajstić information content (AvgIpc) is 2.32. The predicted molar refractivity (Wildman–Crippen MR) is 59.7 cm³/mol. The number of aryl methyl sites for hydroxylation is 2. The summed E-state index contributed by atoms with van der Waals surface area (Å²) in [5.41, 5.74) is 1.82. The van der Waals surface area contributed by atoms with Gasteiger partial charge in [-0.15, -0.1) is 0 Å². The van der Waals surface area contributed by atoms with Gasteiger partial charge < -0.3 is 0 Å². The van der Waals surface area contributed by atoms with Gasteiger partial charge in [-0.05, 0) is 42.9 Å². The van der Waals surface area contributed by atoms with Crippen LogP contribution in [0.4, 0.5) is 13.2 Å². The Balaban J connectivity index is 2.55. The summed E-state index contributed by atoms with van der Waals surface area (Å²) in [5.74, 6) is 0. The van der Waals surface area contributed by atoms with Gasteiger partial charge in [0.15, 0.2) is 0 Å². The minimum Gasteiger partial charge on any atom is -0.269 e. The molecule has 0 aliphatic carbocycles. The molecular weight excluding hydrogens is 320 g/mol. The van der Waals surface area contributed by atoms with Gasteiger partial charge in [0.05, 0.1) is 9.26 Å². The maximum absolute atomic E-state index is 11.9. The third-order valence-corrected chi connectivity index (χ3v) is 3.68. The second-order valence-electron chi connectivity index (χ2n) is 3.43. The van der Waals surface area contributed by atoms with Gasteiger partial charge >= 0.3 is 6.18 Å². The number of hydrogen-bond acceptors (Lipinski definition) is 1. The van der Waals surface area contributed by atoms with Gasteiger partial charge in [-0.25, -0.2) is 0 Å². The lowest BCUT2D eigenvalue weighted by Crippen LogP contribution is -2.10. The molecule has 86 valence electrons. The number of nitrogens with zero attached hydrogens (tertiary/aromatic N) is 2. The van der Waals surface area contributed by atoms with Crippen molar-refractivity contribution >= 4 is 22.6 Å². The van der Waals surface area contributed by atoms with E-state index in [0.717, 1.165) is 15.0 Å². The Morgan fingerprint density at radius 3 is 2.33 bits per heavy atom. The smallest absolute Gasteiger partial charge is 0.269 e. The first-order valence-electron chi connectivity index (χ1n) is 4.57. The lowest BCUT2D eigenvalue weighted by atomic mass is 10.3. The molecule has 1 rings (SSSR count). The minimum absolute atomic E-state index is 0.0849. The molecular formula is C9H12F3IN2. The van der Waals surface area contributed by atoms with E-state index < -0.39 is 12.6 Å². The van der Waals surface area contributed by atoms with E-state index in [-0.39, 0.29) is 6.42 Å². The van der Waals surface area contributed by atoms with Crippen LogP contribution in [-0.2, 0) is 6.54 Å². The van der Waals surface area contributed by atoms with Gasteiger partial charge in [-0.2, -0.15) is 18.3 Å². The van der Waals surface area contributed by atoms with Crippen LogP contribution in [0.5, 0.6) is 0 Å². The summed E-state index contributed by atoms with van der Waals surface area (Å²) in [4.78, 5) is 0. The summed E-state index contributed by atoms with van der Waals surface area (Å²) in [7, 11) is 0. The largest absolute Gasteiger partial charge is 0.389 e. The highest BCUT2D eigenvalue weighted by Crippen LogP contribution is 2.22. The van der Waals surface area contributed by atoms with E-state index in [1.807, 2.05) is 13.8 Å². The van der Waals surface area contributed by atoms with Crippen molar-refractivity contribution in [2.24, 2.45) is 0 Å². The summed E-state index contributed by atoms with van der Waals surface area (Å²) >= 11 is 2.15. The van der Waals surface area contributed by atoms with Crippen molar-refractivity contribution in [1.29, 1.82) is 0 Å². The summed E-state index contributed by atoms with van der Waals surface area (Å²) in [6.07, 6.45) is -4.73. The van der Waals surface area contributed by atoms with Crippen LogP contribution >= 0.6 is 22.6 Å². The van der Waals surface area contributed by atoms with Gasteiger partial charge in [0.1, 0.15) is 0 Å². The van der Waals surface area contributed by atoms with Crippen LogP contribution in [0.25, 0.3) is 0 Å². The highest BCUT2D eigenvalue weighted by atomic mass is 127. The Morgan fingerprint density at radius 2 is 1.93 bits per heavy atom. The lowest BCUT2D eigenvalue weighted by molar-refractivity contribution is -0.136. The van der Waals surface area contributed by atoms with Crippen molar-refractivity contribution < 1.29 is 13.2 Å². The van der Waals surface area contributed by atoms with E-state index in [1.165, 1.54) is 0 Å². The monoisotopic (exact) mass is 332 g/mol. The Kier molecular flexibility index (Phi) is 4.02. The molecule has 0 aliphatic rings. The quantitative estimate of drug-likeness (QED) is 0.776. The van der Waals surface area contributed by atoms with E-state index >= 15 is 0 Å². The molecule has 2 nitrogen and oxygen atoms in total. The molecule has 0 aliphatic heterocycles. The number of hydrogen-bond donors (Lipinski definition) is 0. The van der Waals surface area contributed by atoms with Crippen LogP contribution in [-0.4, -0.2) is 16.0 Å². The van der Waals surface area contributed by atoms with Crippen molar-refractivity contribution in [3.63, 3.8) is 0 Å². The fourth-order valence-electron chi connectivity index (χ4n) is 1.32. The van der Waals surface area contributed by atoms with E-state index in [4.69, 9.17) is 0 Å². The minimum atomic E-state index is -4.07. The van der Waals surface area contributed by atoms with E-state index in [9.17, 15) is 13.2 Å². The zero-order chi connectivity index (χ0) is 11.6. The molecule has 0 N–H and O–H groups in total. The van der Waals surface area contributed by atoms with Crippen molar-refractivity contribution in [3.8, 4) is 0 Å². The number of halogens is 4. The highest BCUT2D eigenvalue weighted by molar-refractivity contribution is 14.1. The number of alkyl halides is 3. The molecule has 0 saturated heterocycles. The molecule has 1 heterocycles. The summed E-state index contributed by atoms with van der Waals surface area (Å²) in [6.45, 7) is 4.06. The van der Waals surface area contributed by atoms with Gasteiger partial charge in [-0.3, -0.25) is 4.68 Å². The fraction of sp³-hybridized carbons (Fsp3) is 0.667. The summed E-state index contributed by atoms with van der Waals surface area (Å²) in [6, 6.07) is 0. The number of aromatic nitrogens is 2. The summed E-state index contributed by atoms with van der Waals surface area (Å²) in [5, 5.41) is 4.17. The van der Waals surface area contributed by atoms with Gasteiger partial charge in [-0.1, -0.05) is 0 Å². The third-order valence-electron chi connectivity index (χ3n) is 2.12. The first-order chi connectivity index (χ1) is 6.81. The molecule has 0 spiro atoms. The van der Waals surface area contributed by atoms with Crippen LogP contribution in [0.3, 0.4) is 0 Å². The van der Waals surface area contributed by atoms with Crippen LogP contribution in [0, 0.1) is 17.4 Å². The molecule has 15 heavy (non-hydrogen) atoms. The second kappa shape index (κ2) is 4.71. The van der Waals surface area contributed by atoms with E-state index in [0.29, 0.717) is 6.54 Å². The van der Waals surface area contributed by atoms with E-state index in [2.05, 4.69) is 27.7 Å². The summed E-state index contributed by atoms with van der Waals surface area (Å²) < 4.78 is 38.4.